The Morgan fingerprint density at radius 3 is 2.81 bits per heavy atom. The van der Waals surface area contributed by atoms with E-state index in [9.17, 15) is 0 Å². The fourth-order valence-electron chi connectivity index (χ4n) is 5.20. The summed E-state index contributed by atoms with van der Waals surface area (Å²) in [6.45, 7) is 5.11. The zero-order chi connectivity index (χ0) is 25.1. The normalized spacial score (nSPS) is 26.6. The van der Waals surface area contributed by atoms with E-state index in [1.165, 1.54) is 19.2 Å². The third-order valence-corrected chi connectivity index (χ3v) is 7.51. The zero-order valence-electron chi connectivity index (χ0n) is 20.6. The number of nitrogens with zero attached hydrogens (tertiary/aromatic N) is 4. The molecule has 0 amide bonds. The van der Waals surface area contributed by atoms with Gasteiger partial charge < -0.3 is 28.8 Å². The van der Waals surface area contributed by atoms with E-state index in [0.717, 1.165) is 40.3 Å². The third kappa shape index (κ3) is 4.40. The topological polar surface area (TPSA) is 92.6 Å². The molecule has 4 atom stereocenters. The van der Waals surface area contributed by atoms with Gasteiger partial charge in [0.1, 0.15) is 53.6 Å². The van der Waals surface area contributed by atoms with Crippen molar-refractivity contribution in [1.29, 1.82) is 0 Å². The van der Waals surface area contributed by atoms with E-state index in [1.54, 1.807) is 0 Å². The number of hydrogen-bond donors (Lipinski definition) is 1. The van der Waals surface area contributed by atoms with E-state index >= 15 is 0 Å². The van der Waals surface area contributed by atoms with Gasteiger partial charge in [-0.3, -0.25) is 0 Å². The number of nitrogens with one attached hydrogen (secondary N) is 1. The summed E-state index contributed by atoms with van der Waals surface area (Å²) in [5, 5.41) is 5.67. The number of anilines is 1. The summed E-state index contributed by atoms with van der Waals surface area (Å²) in [5.41, 5.74) is 1.57. The highest BCUT2D eigenvalue weighted by molar-refractivity contribution is 6.33. The van der Waals surface area contributed by atoms with E-state index in [-0.39, 0.29) is 18.3 Å². The number of hydrogen-bond acceptors (Lipinski definition) is 8. The Morgan fingerprint density at radius 1 is 1.11 bits per heavy atom. The molecule has 192 valence electrons. The van der Waals surface area contributed by atoms with Crippen LogP contribution < -0.4 is 10.1 Å². The molecule has 10 heteroatoms. The van der Waals surface area contributed by atoms with Crippen LogP contribution in [-0.2, 0) is 14.2 Å². The maximum Gasteiger partial charge on any atom is 0.164 e. The minimum Gasteiger partial charge on any atom is -0.491 e. The van der Waals surface area contributed by atoms with Crippen LogP contribution in [0.1, 0.15) is 32.9 Å². The molecule has 3 aromatic heterocycles. The van der Waals surface area contributed by atoms with Gasteiger partial charge in [0.05, 0.1) is 10.9 Å². The summed E-state index contributed by atoms with van der Waals surface area (Å²) < 4.78 is 27.1. The molecule has 37 heavy (non-hydrogen) atoms. The number of fused-ring (bicyclic) bond motifs is 3. The Kier molecular flexibility index (Phi) is 5.51. The molecule has 7 rings (SSSR count). The van der Waals surface area contributed by atoms with Crippen LogP contribution in [0, 0.1) is 5.92 Å². The summed E-state index contributed by atoms with van der Waals surface area (Å²) in [5.74, 6) is 1.67. The van der Waals surface area contributed by atoms with Gasteiger partial charge in [-0.1, -0.05) is 11.6 Å². The molecule has 0 radical (unpaired) electrons. The summed E-state index contributed by atoms with van der Waals surface area (Å²) in [4.78, 5) is 13.3. The number of halogens is 1. The Balaban J connectivity index is 1.11. The Labute approximate surface area is 219 Å². The van der Waals surface area contributed by atoms with Crippen LogP contribution in [0.3, 0.4) is 0 Å². The SMILES string of the molecule is CC1(C)O[C@@H]2[C@H](O1)[C@@H](COc1ccc3ccc(NCC4CC4)nc3c1)O[C@H]2n1ccc2c(Cl)ncnc21. The van der Waals surface area contributed by atoms with Crippen molar-refractivity contribution in [2.24, 2.45) is 5.92 Å². The first-order valence-corrected chi connectivity index (χ1v) is 13.1. The second-order valence-electron chi connectivity index (χ2n) is 10.4. The van der Waals surface area contributed by atoms with Crippen LogP contribution in [0.15, 0.2) is 48.9 Å². The van der Waals surface area contributed by atoms with Crippen molar-refractivity contribution in [3.05, 3.63) is 54.1 Å². The lowest BCUT2D eigenvalue weighted by atomic mass is 10.1. The van der Waals surface area contributed by atoms with Crippen molar-refractivity contribution >= 4 is 39.4 Å². The zero-order valence-corrected chi connectivity index (χ0v) is 21.4. The minimum atomic E-state index is -0.734. The second kappa shape index (κ2) is 8.80. The van der Waals surface area contributed by atoms with Crippen LogP contribution in [-0.4, -0.2) is 56.8 Å². The van der Waals surface area contributed by atoms with Crippen LogP contribution >= 0.6 is 11.6 Å². The monoisotopic (exact) mass is 521 g/mol. The Bertz CT molecular complexity index is 1470. The van der Waals surface area contributed by atoms with Gasteiger partial charge in [-0.25, -0.2) is 15.0 Å². The molecule has 1 aliphatic carbocycles. The number of aromatic nitrogens is 4. The lowest BCUT2D eigenvalue weighted by molar-refractivity contribution is -0.198. The van der Waals surface area contributed by atoms with Crippen LogP contribution in [0.5, 0.6) is 5.75 Å². The molecule has 3 aliphatic rings. The highest BCUT2D eigenvalue weighted by Gasteiger charge is 2.56. The van der Waals surface area contributed by atoms with E-state index in [4.69, 9.17) is 35.5 Å². The summed E-state index contributed by atoms with van der Waals surface area (Å²) in [6, 6.07) is 11.9. The van der Waals surface area contributed by atoms with Crippen LogP contribution in [0.4, 0.5) is 5.82 Å². The van der Waals surface area contributed by atoms with Gasteiger partial charge >= 0.3 is 0 Å². The quantitative estimate of drug-likeness (QED) is 0.341. The lowest BCUT2D eigenvalue weighted by Gasteiger charge is -2.25. The minimum absolute atomic E-state index is 0.299. The largest absolute Gasteiger partial charge is 0.491 e. The molecule has 1 N–H and O–H groups in total. The van der Waals surface area contributed by atoms with Crippen molar-refractivity contribution in [1.82, 2.24) is 19.5 Å². The first-order chi connectivity index (χ1) is 17.9. The van der Waals surface area contributed by atoms with E-state index in [2.05, 4.69) is 21.4 Å². The molecule has 0 spiro atoms. The van der Waals surface area contributed by atoms with Crippen molar-refractivity contribution in [3.8, 4) is 5.75 Å². The van der Waals surface area contributed by atoms with Gasteiger partial charge in [0.15, 0.2) is 12.0 Å². The molecular weight excluding hydrogens is 494 g/mol. The molecule has 4 aromatic rings. The Hall–Kier alpha value is -2.98. The van der Waals surface area contributed by atoms with Crippen LogP contribution in [0.2, 0.25) is 5.15 Å². The number of rotatable bonds is 7. The lowest BCUT2D eigenvalue weighted by Crippen LogP contribution is -2.33. The van der Waals surface area contributed by atoms with Gasteiger partial charge in [0, 0.05) is 24.2 Å². The van der Waals surface area contributed by atoms with E-state index < -0.39 is 12.0 Å². The molecule has 3 fully saturated rings. The highest BCUT2D eigenvalue weighted by Crippen LogP contribution is 2.44. The third-order valence-electron chi connectivity index (χ3n) is 7.21. The maximum atomic E-state index is 6.46. The van der Waals surface area contributed by atoms with Crippen molar-refractivity contribution in [2.45, 2.75) is 57.0 Å². The van der Waals surface area contributed by atoms with Crippen LogP contribution in [0.25, 0.3) is 21.9 Å². The Morgan fingerprint density at radius 2 is 1.95 bits per heavy atom. The van der Waals surface area contributed by atoms with Crippen molar-refractivity contribution in [3.63, 3.8) is 0 Å². The summed E-state index contributed by atoms with van der Waals surface area (Å²) in [7, 11) is 0. The van der Waals surface area contributed by atoms with E-state index in [0.29, 0.717) is 17.4 Å². The number of ether oxygens (including phenoxy) is 4. The number of pyridine rings is 1. The first-order valence-electron chi connectivity index (χ1n) is 12.7. The average molecular weight is 522 g/mol. The fourth-order valence-corrected chi connectivity index (χ4v) is 5.39. The van der Waals surface area contributed by atoms with Crippen molar-refractivity contribution < 1.29 is 18.9 Å². The molecule has 1 saturated carbocycles. The van der Waals surface area contributed by atoms with Gasteiger partial charge in [-0.2, -0.15) is 0 Å². The fraction of sp³-hybridized carbons (Fsp3) is 0.444. The summed E-state index contributed by atoms with van der Waals surface area (Å²) in [6.07, 6.45) is 4.54. The highest BCUT2D eigenvalue weighted by atomic mass is 35.5. The summed E-state index contributed by atoms with van der Waals surface area (Å²) >= 11 is 6.27. The molecule has 2 aliphatic heterocycles. The van der Waals surface area contributed by atoms with Gasteiger partial charge in [-0.05, 0) is 62.9 Å². The molecule has 0 unspecified atom stereocenters. The van der Waals surface area contributed by atoms with Crippen molar-refractivity contribution in [2.75, 3.05) is 18.5 Å². The molecule has 5 heterocycles. The molecule has 2 saturated heterocycles. The average Bonchev–Trinajstić information content (AvgIpc) is 3.41. The van der Waals surface area contributed by atoms with Gasteiger partial charge in [-0.15, -0.1) is 0 Å². The smallest absolute Gasteiger partial charge is 0.164 e. The second-order valence-corrected chi connectivity index (χ2v) is 10.8. The molecule has 1 aromatic carbocycles. The standard InChI is InChI=1S/C27H28ClN5O4/c1-27(2)36-22-20(35-26(23(22)37-27)33-10-9-18-24(28)30-14-31-25(18)33)13-34-17-7-5-16-6-8-21(32-19(16)11-17)29-12-15-3-4-15/h5-11,14-15,20,22-23,26H,3-4,12-13H2,1-2H3,(H,29,32)/t20-,22-,23-,26-/m1/s1. The first kappa shape index (κ1) is 23.2. The maximum absolute atomic E-state index is 6.46. The molecule has 9 nitrogen and oxygen atoms in total. The molecule has 0 bridgehead atoms. The van der Waals surface area contributed by atoms with Gasteiger partial charge in [0.25, 0.3) is 0 Å². The van der Waals surface area contributed by atoms with Gasteiger partial charge in [0.2, 0.25) is 0 Å². The molecular formula is C27H28ClN5O4. The van der Waals surface area contributed by atoms with E-state index in [1.807, 2.05) is 54.9 Å². The number of benzene rings is 1. The predicted octanol–water partition coefficient (Wildman–Crippen LogP) is 4.95. The predicted molar refractivity (Wildman–Crippen MR) is 139 cm³/mol.